The second-order valence-corrected chi connectivity index (χ2v) is 6.96. The van der Waals surface area contributed by atoms with Crippen LogP contribution in [0.1, 0.15) is 37.0 Å². The molecule has 2 rings (SSSR count). The summed E-state index contributed by atoms with van der Waals surface area (Å²) in [7, 11) is 0. The van der Waals surface area contributed by atoms with E-state index in [-0.39, 0.29) is 11.8 Å². The van der Waals surface area contributed by atoms with E-state index in [1.165, 1.54) is 18.3 Å². The van der Waals surface area contributed by atoms with Crippen LogP contribution in [0.2, 0.25) is 0 Å². The van der Waals surface area contributed by atoms with Crippen LogP contribution in [-0.4, -0.2) is 55.0 Å². The van der Waals surface area contributed by atoms with Crippen molar-refractivity contribution in [2.75, 3.05) is 32.8 Å². The Balaban J connectivity index is 1.77. The molecule has 1 saturated heterocycles. The van der Waals surface area contributed by atoms with Crippen molar-refractivity contribution < 1.29 is 18.3 Å². The van der Waals surface area contributed by atoms with Crippen molar-refractivity contribution in [1.29, 1.82) is 0 Å². The average Bonchev–Trinajstić information content (AvgIpc) is 2.58. The summed E-state index contributed by atoms with van der Waals surface area (Å²) in [6.07, 6.45) is 1.08. The molecule has 7 heteroatoms. The summed E-state index contributed by atoms with van der Waals surface area (Å²) >= 11 is 0. The standard InChI is InChI=1S/C18H27F2N3O2/c1-13(2)10-23-7-3-4-14(11-23)8-22-18(24)15-5-6-17(21-9-15)25-12-16(19)20/h5-6,9,13-14,16H,3-4,7-8,10-12H2,1-2H3,(H,22,24). The molecule has 1 amide bonds. The van der Waals surface area contributed by atoms with Crippen LogP contribution in [0.15, 0.2) is 18.3 Å². The number of pyridine rings is 1. The summed E-state index contributed by atoms with van der Waals surface area (Å²) in [5, 5.41) is 2.95. The zero-order valence-electron chi connectivity index (χ0n) is 14.9. The van der Waals surface area contributed by atoms with Crippen molar-refractivity contribution in [3.8, 4) is 5.88 Å². The van der Waals surface area contributed by atoms with E-state index in [2.05, 4.69) is 29.0 Å². The van der Waals surface area contributed by atoms with Crippen molar-refractivity contribution >= 4 is 5.91 Å². The molecule has 1 aromatic heterocycles. The maximum atomic E-state index is 12.2. The maximum absolute atomic E-state index is 12.2. The van der Waals surface area contributed by atoms with Crippen LogP contribution >= 0.6 is 0 Å². The number of carbonyl (C=O) groups excluding carboxylic acids is 1. The van der Waals surface area contributed by atoms with E-state index in [1.54, 1.807) is 0 Å². The molecule has 25 heavy (non-hydrogen) atoms. The molecule has 0 bridgehead atoms. The zero-order valence-corrected chi connectivity index (χ0v) is 14.9. The Kier molecular flexibility index (Phi) is 7.55. The van der Waals surface area contributed by atoms with Crippen LogP contribution in [0.5, 0.6) is 5.88 Å². The van der Waals surface area contributed by atoms with Gasteiger partial charge in [0, 0.05) is 31.9 Å². The lowest BCUT2D eigenvalue weighted by atomic mass is 9.97. The molecule has 1 aromatic rings. The van der Waals surface area contributed by atoms with Crippen LogP contribution in [0.25, 0.3) is 0 Å². The fourth-order valence-corrected chi connectivity index (χ4v) is 3.09. The minimum absolute atomic E-state index is 0.0912. The summed E-state index contributed by atoms with van der Waals surface area (Å²) in [4.78, 5) is 18.5. The second kappa shape index (κ2) is 9.65. The van der Waals surface area contributed by atoms with Crippen molar-refractivity contribution in [2.24, 2.45) is 11.8 Å². The quantitative estimate of drug-likeness (QED) is 0.779. The summed E-state index contributed by atoms with van der Waals surface area (Å²) in [5.41, 5.74) is 0.402. The van der Waals surface area contributed by atoms with Gasteiger partial charge in [-0.2, -0.15) is 0 Å². The molecule has 0 saturated carbocycles. The predicted octanol–water partition coefficient (Wildman–Crippen LogP) is 2.82. The number of hydrogen-bond donors (Lipinski definition) is 1. The van der Waals surface area contributed by atoms with Gasteiger partial charge in [-0.1, -0.05) is 13.8 Å². The van der Waals surface area contributed by atoms with Crippen molar-refractivity contribution in [2.45, 2.75) is 33.1 Å². The van der Waals surface area contributed by atoms with Crippen molar-refractivity contribution in [3.05, 3.63) is 23.9 Å². The number of nitrogens with one attached hydrogen (secondary N) is 1. The van der Waals surface area contributed by atoms with Crippen LogP contribution in [0.3, 0.4) is 0 Å². The number of rotatable bonds is 8. The van der Waals surface area contributed by atoms with Gasteiger partial charge in [0.2, 0.25) is 5.88 Å². The fraction of sp³-hybridized carbons (Fsp3) is 0.667. The molecular weight excluding hydrogens is 328 g/mol. The monoisotopic (exact) mass is 355 g/mol. The minimum atomic E-state index is -2.55. The van der Waals surface area contributed by atoms with Gasteiger partial charge in [-0.15, -0.1) is 0 Å². The Morgan fingerprint density at radius 3 is 2.88 bits per heavy atom. The summed E-state index contributed by atoms with van der Waals surface area (Å²) < 4.78 is 29.0. The Morgan fingerprint density at radius 2 is 2.24 bits per heavy atom. The molecule has 1 N–H and O–H groups in total. The molecule has 0 aliphatic carbocycles. The maximum Gasteiger partial charge on any atom is 0.272 e. The third-order valence-corrected chi connectivity index (χ3v) is 4.13. The molecule has 0 radical (unpaired) electrons. The topological polar surface area (TPSA) is 54.5 Å². The highest BCUT2D eigenvalue weighted by Gasteiger charge is 2.21. The third kappa shape index (κ3) is 6.94. The van der Waals surface area contributed by atoms with Gasteiger partial charge in [0.15, 0.2) is 6.61 Å². The number of piperidine rings is 1. The molecule has 1 unspecified atom stereocenters. The van der Waals surface area contributed by atoms with E-state index in [9.17, 15) is 13.6 Å². The Bertz CT molecular complexity index is 538. The number of ether oxygens (including phenoxy) is 1. The Labute approximate surface area is 147 Å². The second-order valence-electron chi connectivity index (χ2n) is 6.96. The van der Waals surface area contributed by atoms with Gasteiger partial charge in [-0.25, -0.2) is 13.8 Å². The molecule has 1 aliphatic rings. The lowest BCUT2D eigenvalue weighted by Crippen LogP contribution is -2.42. The van der Waals surface area contributed by atoms with E-state index in [4.69, 9.17) is 4.74 Å². The van der Waals surface area contributed by atoms with Crippen LogP contribution in [0.4, 0.5) is 8.78 Å². The molecular formula is C18H27F2N3O2. The van der Waals surface area contributed by atoms with E-state index in [0.717, 1.165) is 32.5 Å². The number of halogens is 2. The van der Waals surface area contributed by atoms with E-state index < -0.39 is 13.0 Å². The third-order valence-electron chi connectivity index (χ3n) is 4.13. The Morgan fingerprint density at radius 1 is 1.44 bits per heavy atom. The smallest absolute Gasteiger partial charge is 0.272 e. The van der Waals surface area contributed by atoms with Crippen molar-refractivity contribution in [1.82, 2.24) is 15.2 Å². The highest BCUT2D eigenvalue weighted by atomic mass is 19.3. The zero-order chi connectivity index (χ0) is 18.2. The molecule has 1 atom stereocenters. The van der Waals surface area contributed by atoms with E-state index in [0.29, 0.717) is 23.9 Å². The van der Waals surface area contributed by atoms with Gasteiger partial charge in [0.1, 0.15) is 0 Å². The molecule has 2 heterocycles. The fourth-order valence-electron chi connectivity index (χ4n) is 3.09. The van der Waals surface area contributed by atoms with Gasteiger partial charge in [-0.05, 0) is 37.3 Å². The first-order valence-electron chi connectivity index (χ1n) is 8.81. The molecule has 140 valence electrons. The van der Waals surface area contributed by atoms with Crippen LogP contribution < -0.4 is 10.1 Å². The highest BCUT2D eigenvalue weighted by Crippen LogP contribution is 2.17. The van der Waals surface area contributed by atoms with Gasteiger partial charge < -0.3 is 15.0 Å². The van der Waals surface area contributed by atoms with E-state index in [1.807, 2.05) is 0 Å². The highest BCUT2D eigenvalue weighted by molar-refractivity contribution is 5.93. The largest absolute Gasteiger partial charge is 0.472 e. The average molecular weight is 355 g/mol. The molecule has 1 aliphatic heterocycles. The molecule has 0 spiro atoms. The van der Waals surface area contributed by atoms with Gasteiger partial charge in [-0.3, -0.25) is 4.79 Å². The number of amides is 1. The molecule has 5 nitrogen and oxygen atoms in total. The lowest BCUT2D eigenvalue weighted by molar-refractivity contribution is 0.0794. The summed E-state index contributed by atoms with van der Waals surface area (Å²) in [6, 6.07) is 2.97. The summed E-state index contributed by atoms with van der Waals surface area (Å²) in [6.45, 7) is 7.60. The van der Waals surface area contributed by atoms with Gasteiger partial charge in [0.05, 0.1) is 5.56 Å². The van der Waals surface area contributed by atoms with Crippen molar-refractivity contribution in [3.63, 3.8) is 0 Å². The number of aromatic nitrogens is 1. The van der Waals surface area contributed by atoms with Crippen LogP contribution in [0, 0.1) is 11.8 Å². The SMILES string of the molecule is CC(C)CN1CCCC(CNC(=O)c2ccc(OCC(F)F)nc2)C1. The predicted molar refractivity (Wildman–Crippen MR) is 92.1 cm³/mol. The number of likely N-dealkylation sites (tertiary alicyclic amines) is 1. The molecule has 1 fully saturated rings. The summed E-state index contributed by atoms with van der Waals surface area (Å²) in [5.74, 6) is 0.991. The van der Waals surface area contributed by atoms with Gasteiger partial charge >= 0.3 is 0 Å². The van der Waals surface area contributed by atoms with Crippen LogP contribution in [-0.2, 0) is 0 Å². The first-order chi connectivity index (χ1) is 11.9. The minimum Gasteiger partial charge on any atom is -0.472 e. The normalized spacial score (nSPS) is 18.6. The lowest BCUT2D eigenvalue weighted by Gasteiger charge is -2.33. The van der Waals surface area contributed by atoms with Gasteiger partial charge in [0.25, 0.3) is 12.3 Å². The number of hydrogen-bond acceptors (Lipinski definition) is 4. The van der Waals surface area contributed by atoms with E-state index >= 15 is 0 Å². The Hall–Kier alpha value is -1.76. The number of alkyl halides is 2. The first kappa shape index (κ1) is 19.6. The number of carbonyl (C=O) groups is 1. The number of nitrogens with zero attached hydrogens (tertiary/aromatic N) is 2. The molecule has 0 aromatic carbocycles. The first-order valence-corrected chi connectivity index (χ1v) is 8.81.